The Hall–Kier alpha value is -2.60. The highest BCUT2D eigenvalue weighted by atomic mass is 16.2. The number of hydrogen-bond acceptors (Lipinski definition) is 3. The van der Waals surface area contributed by atoms with Gasteiger partial charge in [0.05, 0.1) is 5.92 Å². The van der Waals surface area contributed by atoms with Crippen LogP contribution in [-0.4, -0.2) is 59.3 Å². The number of carbonyl (C=O) groups excluding carboxylic acids is 2. The molecule has 2 amide bonds. The molecule has 1 aromatic heterocycles. The molecular weight excluding hydrogens is 412 g/mol. The second kappa shape index (κ2) is 10.6. The summed E-state index contributed by atoms with van der Waals surface area (Å²) in [6, 6.07) is 10.8. The Morgan fingerprint density at radius 2 is 1.76 bits per heavy atom. The molecule has 2 aliphatic rings. The molecule has 1 atom stereocenters. The molecule has 2 fully saturated rings. The topological polar surface area (TPSA) is 68.4 Å². The monoisotopic (exact) mass is 450 g/mol. The molecule has 0 saturated carbocycles. The van der Waals surface area contributed by atoms with E-state index in [4.69, 9.17) is 0 Å². The predicted octanol–water partition coefficient (Wildman–Crippen LogP) is 3.82. The largest absolute Gasteiger partial charge is 0.356 e. The second-order valence-corrected chi connectivity index (χ2v) is 10.1. The quantitative estimate of drug-likeness (QED) is 0.703. The lowest BCUT2D eigenvalue weighted by atomic mass is 9.94. The van der Waals surface area contributed by atoms with Gasteiger partial charge in [0.1, 0.15) is 5.69 Å². The molecule has 1 aromatic carbocycles. The van der Waals surface area contributed by atoms with E-state index in [1.807, 2.05) is 24.8 Å². The number of aromatic nitrogens is 1. The smallest absolute Gasteiger partial charge is 0.270 e. The van der Waals surface area contributed by atoms with Gasteiger partial charge in [-0.1, -0.05) is 29.8 Å². The van der Waals surface area contributed by atoms with Crippen molar-refractivity contribution in [2.45, 2.75) is 53.0 Å². The van der Waals surface area contributed by atoms with Gasteiger partial charge in [0.25, 0.3) is 5.91 Å². The van der Waals surface area contributed by atoms with Crippen LogP contribution in [0.5, 0.6) is 0 Å². The van der Waals surface area contributed by atoms with E-state index in [9.17, 15) is 9.59 Å². The van der Waals surface area contributed by atoms with Crippen LogP contribution in [0.1, 0.15) is 58.6 Å². The Labute approximate surface area is 197 Å². The normalized spacial score (nSPS) is 20.1. The molecule has 2 N–H and O–H groups in total. The van der Waals surface area contributed by atoms with Crippen LogP contribution < -0.4 is 5.32 Å². The van der Waals surface area contributed by atoms with Crippen molar-refractivity contribution in [3.05, 3.63) is 58.4 Å². The number of aromatic amines is 1. The molecule has 6 nitrogen and oxygen atoms in total. The highest BCUT2D eigenvalue weighted by molar-refractivity contribution is 5.94. The minimum absolute atomic E-state index is 0.0130. The molecule has 3 heterocycles. The zero-order chi connectivity index (χ0) is 23.4. The number of aryl methyl sites for hydroxylation is 3. The third-order valence-electron chi connectivity index (χ3n) is 7.24. The van der Waals surface area contributed by atoms with E-state index in [0.717, 1.165) is 69.7 Å². The second-order valence-electron chi connectivity index (χ2n) is 10.1. The molecule has 0 aliphatic carbocycles. The van der Waals surface area contributed by atoms with Crippen molar-refractivity contribution in [3.63, 3.8) is 0 Å². The van der Waals surface area contributed by atoms with Crippen molar-refractivity contribution in [1.82, 2.24) is 20.1 Å². The molecule has 2 saturated heterocycles. The molecule has 0 spiro atoms. The zero-order valence-corrected chi connectivity index (χ0v) is 20.3. The fourth-order valence-corrected chi connectivity index (χ4v) is 5.17. The van der Waals surface area contributed by atoms with Gasteiger partial charge in [0, 0.05) is 31.9 Å². The summed E-state index contributed by atoms with van der Waals surface area (Å²) in [5.74, 6) is 0.544. The SMILES string of the molecule is Cc1ccc(CN2CCC(CNC(=O)[C@H]3CCCN(C(=O)c4[nH]c(C)cc4C)C3)CC2)cc1. The number of nitrogens with zero attached hydrogens (tertiary/aromatic N) is 2. The van der Waals surface area contributed by atoms with Crippen molar-refractivity contribution in [3.8, 4) is 0 Å². The lowest BCUT2D eigenvalue weighted by molar-refractivity contribution is -0.126. The first kappa shape index (κ1) is 23.6. The van der Waals surface area contributed by atoms with Gasteiger partial charge in [-0.3, -0.25) is 14.5 Å². The van der Waals surface area contributed by atoms with Crippen LogP contribution in [-0.2, 0) is 11.3 Å². The summed E-state index contributed by atoms with van der Waals surface area (Å²) in [6.45, 7) is 11.2. The molecule has 33 heavy (non-hydrogen) atoms. The molecular formula is C27H38N4O2. The van der Waals surface area contributed by atoms with E-state index < -0.39 is 0 Å². The van der Waals surface area contributed by atoms with Crippen LogP contribution in [0.25, 0.3) is 0 Å². The average Bonchev–Trinajstić information content (AvgIpc) is 3.17. The molecule has 2 aromatic rings. The fourth-order valence-electron chi connectivity index (χ4n) is 5.17. The van der Waals surface area contributed by atoms with Crippen molar-refractivity contribution in [2.75, 3.05) is 32.7 Å². The number of hydrogen-bond donors (Lipinski definition) is 2. The molecule has 0 unspecified atom stereocenters. The van der Waals surface area contributed by atoms with Crippen LogP contribution >= 0.6 is 0 Å². The maximum atomic E-state index is 12.9. The van der Waals surface area contributed by atoms with Crippen LogP contribution in [0.15, 0.2) is 30.3 Å². The summed E-state index contributed by atoms with van der Waals surface area (Å²) in [7, 11) is 0. The Morgan fingerprint density at radius 1 is 1.03 bits per heavy atom. The predicted molar refractivity (Wildman–Crippen MR) is 131 cm³/mol. The summed E-state index contributed by atoms with van der Waals surface area (Å²) in [5, 5.41) is 3.20. The highest BCUT2D eigenvalue weighted by Crippen LogP contribution is 2.22. The molecule has 178 valence electrons. The highest BCUT2D eigenvalue weighted by Gasteiger charge is 2.30. The number of likely N-dealkylation sites (tertiary alicyclic amines) is 2. The molecule has 6 heteroatoms. The van der Waals surface area contributed by atoms with Gasteiger partial charge in [0.2, 0.25) is 5.91 Å². The Bertz CT molecular complexity index is 957. The van der Waals surface area contributed by atoms with E-state index in [-0.39, 0.29) is 17.7 Å². The third-order valence-corrected chi connectivity index (χ3v) is 7.24. The summed E-state index contributed by atoms with van der Waals surface area (Å²) in [5.41, 5.74) is 5.29. The zero-order valence-electron chi connectivity index (χ0n) is 20.3. The van der Waals surface area contributed by atoms with Crippen LogP contribution in [0.4, 0.5) is 0 Å². The van der Waals surface area contributed by atoms with Crippen molar-refractivity contribution in [1.29, 1.82) is 0 Å². The minimum atomic E-state index is -0.110. The first-order valence-electron chi connectivity index (χ1n) is 12.4. The van der Waals surface area contributed by atoms with Gasteiger partial charge in [-0.25, -0.2) is 0 Å². The van der Waals surface area contributed by atoms with Crippen LogP contribution in [0, 0.1) is 32.6 Å². The lowest BCUT2D eigenvalue weighted by Crippen LogP contribution is -2.47. The molecule has 2 aliphatic heterocycles. The van der Waals surface area contributed by atoms with E-state index in [0.29, 0.717) is 18.2 Å². The number of rotatable bonds is 6. The van der Waals surface area contributed by atoms with Gasteiger partial charge in [-0.2, -0.15) is 0 Å². The number of piperidine rings is 2. The minimum Gasteiger partial charge on any atom is -0.356 e. The third kappa shape index (κ3) is 6.05. The maximum Gasteiger partial charge on any atom is 0.270 e. The standard InChI is InChI=1S/C27H38N4O2/c1-19-6-8-23(9-7-19)17-30-13-10-22(11-14-30)16-28-26(32)24-5-4-12-31(18-24)27(33)25-20(2)15-21(3)29-25/h6-9,15,22,24,29H,4-5,10-14,16-18H2,1-3H3,(H,28,32)/t24-/m0/s1. The van der Waals surface area contributed by atoms with Gasteiger partial charge < -0.3 is 15.2 Å². The van der Waals surface area contributed by atoms with Gasteiger partial charge in [-0.05, 0) is 82.7 Å². The van der Waals surface area contributed by atoms with Gasteiger partial charge in [-0.15, -0.1) is 0 Å². The van der Waals surface area contributed by atoms with E-state index in [2.05, 4.69) is 46.4 Å². The Kier molecular flexibility index (Phi) is 7.53. The van der Waals surface area contributed by atoms with E-state index in [1.165, 1.54) is 11.1 Å². The average molecular weight is 451 g/mol. The Balaban J connectivity index is 1.21. The van der Waals surface area contributed by atoms with E-state index in [1.54, 1.807) is 0 Å². The first-order chi connectivity index (χ1) is 15.9. The van der Waals surface area contributed by atoms with Crippen LogP contribution in [0.3, 0.4) is 0 Å². The van der Waals surface area contributed by atoms with Crippen molar-refractivity contribution < 1.29 is 9.59 Å². The fraction of sp³-hybridized carbons (Fsp3) is 0.556. The molecule has 0 radical (unpaired) electrons. The number of amides is 2. The number of benzene rings is 1. The summed E-state index contributed by atoms with van der Waals surface area (Å²) in [4.78, 5) is 33.4. The molecule has 4 rings (SSSR count). The summed E-state index contributed by atoms with van der Waals surface area (Å²) in [6.07, 6.45) is 3.97. The maximum absolute atomic E-state index is 12.9. The van der Waals surface area contributed by atoms with Crippen molar-refractivity contribution in [2.24, 2.45) is 11.8 Å². The number of carbonyl (C=O) groups is 2. The summed E-state index contributed by atoms with van der Waals surface area (Å²) >= 11 is 0. The molecule has 0 bridgehead atoms. The van der Waals surface area contributed by atoms with Crippen LogP contribution in [0.2, 0.25) is 0 Å². The summed E-state index contributed by atoms with van der Waals surface area (Å²) < 4.78 is 0. The lowest BCUT2D eigenvalue weighted by Gasteiger charge is -2.34. The Morgan fingerprint density at radius 3 is 2.42 bits per heavy atom. The van der Waals surface area contributed by atoms with Crippen molar-refractivity contribution >= 4 is 11.8 Å². The van der Waals surface area contributed by atoms with Gasteiger partial charge in [0.15, 0.2) is 0 Å². The number of nitrogens with one attached hydrogen (secondary N) is 2. The first-order valence-corrected chi connectivity index (χ1v) is 12.4. The van der Waals surface area contributed by atoms with E-state index >= 15 is 0 Å². The van der Waals surface area contributed by atoms with Gasteiger partial charge >= 0.3 is 0 Å². The number of H-pyrrole nitrogens is 1.